The summed E-state index contributed by atoms with van der Waals surface area (Å²) in [7, 11) is -1.71. The summed E-state index contributed by atoms with van der Waals surface area (Å²) in [6, 6.07) is 9.53. The van der Waals surface area contributed by atoms with Gasteiger partial charge in [0.25, 0.3) is 0 Å². The quantitative estimate of drug-likeness (QED) is 0.350. The molecule has 3 atom stereocenters. The number of ether oxygens (including phenoxy) is 1. The second-order valence-electron chi connectivity index (χ2n) is 9.90. The second kappa shape index (κ2) is 12.4. The summed E-state index contributed by atoms with van der Waals surface area (Å²) < 4.78 is 5.59. The number of nitrogens with one attached hydrogen (secondary N) is 1. The van der Waals surface area contributed by atoms with Crippen LogP contribution in [0.4, 0.5) is 4.79 Å². The lowest BCUT2D eigenvalue weighted by atomic mass is 9.97. The first-order valence-electron chi connectivity index (χ1n) is 11.1. The van der Waals surface area contributed by atoms with Crippen LogP contribution in [0, 0.1) is 17.4 Å². The number of amides is 1. The van der Waals surface area contributed by atoms with Gasteiger partial charge in [-0.15, -0.1) is 5.54 Å². The van der Waals surface area contributed by atoms with Crippen molar-refractivity contribution in [1.29, 1.82) is 0 Å². The average Bonchev–Trinajstić information content (AvgIpc) is 2.64. The number of hydrogen-bond acceptors (Lipinski definition) is 4. The van der Waals surface area contributed by atoms with E-state index in [2.05, 4.69) is 43.3 Å². The third kappa shape index (κ3) is 11.5. The number of thioether (sulfide) groups is 1. The average molecular weight is 462 g/mol. The minimum absolute atomic E-state index is 0.0414. The van der Waals surface area contributed by atoms with Crippen molar-refractivity contribution in [2.75, 3.05) is 0 Å². The standard InChI is InChI=1S/C25H39NO3SSi/c1-9-10-16-21(23(27)30-25(3,4)5)22(17-18-31(6,7)8)29-24(28)26-19(2)20-14-12-11-13-15-20/h11-15,19,21-22H,9-10,16H2,1-8H3,(H,26,28)/t19-,21-,22+/m0/s1. The summed E-state index contributed by atoms with van der Waals surface area (Å²) in [5, 5.41) is 2.93. The maximum Gasteiger partial charge on any atom is 0.408 e. The minimum atomic E-state index is -1.71. The zero-order valence-corrected chi connectivity index (χ0v) is 22.2. The van der Waals surface area contributed by atoms with Gasteiger partial charge in [-0.2, -0.15) is 0 Å². The number of carbonyl (C=O) groups is 2. The number of carbonyl (C=O) groups excluding carboxylic acids is 2. The number of benzene rings is 1. The molecule has 6 heteroatoms. The summed E-state index contributed by atoms with van der Waals surface area (Å²) in [6.45, 7) is 16.5. The molecule has 0 aliphatic heterocycles. The molecule has 4 nitrogen and oxygen atoms in total. The molecule has 0 saturated heterocycles. The van der Waals surface area contributed by atoms with Gasteiger partial charge in [0.2, 0.25) is 0 Å². The fourth-order valence-electron chi connectivity index (χ4n) is 2.85. The molecular weight excluding hydrogens is 422 g/mol. The van der Waals surface area contributed by atoms with Gasteiger partial charge in [0.05, 0.1) is 12.0 Å². The van der Waals surface area contributed by atoms with Gasteiger partial charge in [0, 0.05) is 4.75 Å². The molecule has 1 amide bonds. The lowest BCUT2D eigenvalue weighted by molar-refractivity contribution is -0.116. The van der Waals surface area contributed by atoms with E-state index >= 15 is 0 Å². The first-order valence-corrected chi connectivity index (χ1v) is 15.4. The molecule has 1 aromatic carbocycles. The van der Waals surface area contributed by atoms with E-state index in [0.29, 0.717) is 6.42 Å². The van der Waals surface area contributed by atoms with Crippen LogP contribution in [0.3, 0.4) is 0 Å². The number of alkyl carbamates (subject to hydrolysis) is 1. The van der Waals surface area contributed by atoms with Crippen LogP contribution in [0.1, 0.15) is 65.5 Å². The van der Waals surface area contributed by atoms with Crippen molar-refractivity contribution < 1.29 is 14.3 Å². The first-order chi connectivity index (χ1) is 14.3. The molecule has 1 aromatic rings. The van der Waals surface area contributed by atoms with Gasteiger partial charge in [0.15, 0.2) is 11.2 Å². The summed E-state index contributed by atoms with van der Waals surface area (Å²) >= 11 is 1.31. The van der Waals surface area contributed by atoms with E-state index in [1.165, 1.54) is 11.8 Å². The SMILES string of the molecule is CCCC[C@H](C(=O)SC(C)(C)C)[C@@H](C#C[Si](C)(C)C)OC(=O)N[C@@H](C)c1ccccc1. The Balaban J connectivity index is 3.09. The van der Waals surface area contributed by atoms with Crippen molar-refractivity contribution in [1.82, 2.24) is 5.32 Å². The molecule has 31 heavy (non-hydrogen) atoms. The predicted octanol–water partition coefficient (Wildman–Crippen LogP) is 6.59. The topological polar surface area (TPSA) is 55.4 Å². The summed E-state index contributed by atoms with van der Waals surface area (Å²) in [6.07, 6.45) is 1.22. The lowest BCUT2D eigenvalue weighted by Crippen LogP contribution is -2.37. The molecule has 0 fully saturated rings. The molecule has 0 aromatic heterocycles. The van der Waals surface area contributed by atoms with Crippen LogP contribution < -0.4 is 5.32 Å². The van der Waals surface area contributed by atoms with Crippen molar-refractivity contribution in [2.24, 2.45) is 5.92 Å². The Bertz CT molecular complexity index is 772. The molecule has 0 aliphatic carbocycles. The van der Waals surface area contributed by atoms with E-state index < -0.39 is 26.2 Å². The van der Waals surface area contributed by atoms with Gasteiger partial charge in [-0.3, -0.25) is 4.79 Å². The molecule has 0 spiro atoms. The Labute approximate surface area is 194 Å². The molecule has 0 bridgehead atoms. The molecule has 0 aliphatic rings. The largest absolute Gasteiger partial charge is 0.432 e. The molecule has 172 valence electrons. The minimum Gasteiger partial charge on any atom is -0.432 e. The van der Waals surface area contributed by atoms with Crippen LogP contribution in [0.15, 0.2) is 30.3 Å². The van der Waals surface area contributed by atoms with Gasteiger partial charge < -0.3 is 10.1 Å². The summed E-state index contributed by atoms with van der Waals surface area (Å²) in [4.78, 5) is 25.9. The lowest BCUT2D eigenvalue weighted by Gasteiger charge is -2.26. The van der Waals surface area contributed by atoms with Crippen molar-refractivity contribution in [3.05, 3.63) is 35.9 Å². The van der Waals surface area contributed by atoms with Gasteiger partial charge in [-0.1, -0.05) is 108 Å². The highest BCUT2D eigenvalue weighted by Crippen LogP contribution is 2.31. The third-order valence-corrected chi connectivity index (χ3v) is 6.41. The monoisotopic (exact) mass is 461 g/mol. The fourth-order valence-corrected chi connectivity index (χ4v) is 4.42. The first kappa shape index (κ1) is 27.3. The van der Waals surface area contributed by atoms with Crippen LogP contribution >= 0.6 is 11.8 Å². The maximum atomic E-state index is 13.2. The molecule has 0 saturated carbocycles. The van der Waals surface area contributed by atoms with Crippen molar-refractivity contribution in [2.45, 2.75) is 90.4 Å². The Morgan fingerprint density at radius 2 is 1.77 bits per heavy atom. The highest BCUT2D eigenvalue weighted by Gasteiger charge is 2.33. The van der Waals surface area contributed by atoms with Crippen molar-refractivity contribution in [3.8, 4) is 11.5 Å². The predicted molar refractivity (Wildman–Crippen MR) is 135 cm³/mol. The van der Waals surface area contributed by atoms with Crippen LogP contribution in [0.25, 0.3) is 0 Å². The van der Waals surface area contributed by atoms with Crippen LogP contribution in [-0.4, -0.2) is 30.1 Å². The normalized spacial score (nSPS) is 14.6. The number of unbranched alkanes of at least 4 members (excludes halogenated alkanes) is 1. The van der Waals surface area contributed by atoms with E-state index in [4.69, 9.17) is 4.74 Å². The van der Waals surface area contributed by atoms with Crippen LogP contribution in [-0.2, 0) is 9.53 Å². The van der Waals surface area contributed by atoms with Crippen molar-refractivity contribution in [3.63, 3.8) is 0 Å². The molecule has 1 rings (SSSR count). The Hall–Kier alpha value is -1.71. The molecule has 0 heterocycles. The number of rotatable bonds is 8. The van der Waals surface area contributed by atoms with E-state index in [1.54, 1.807) is 0 Å². The van der Waals surface area contributed by atoms with Gasteiger partial charge in [-0.05, 0) is 18.9 Å². The van der Waals surface area contributed by atoms with Gasteiger partial charge >= 0.3 is 6.09 Å². The maximum absolute atomic E-state index is 13.2. The van der Waals surface area contributed by atoms with Gasteiger partial charge in [0.1, 0.15) is 8.07 Å². The smallest absolute Gasteiger partial charge is 0.408 e. The van der Waals surface area contributed by atoms with E-state index in [0.717, 1.165) is 18.4 Å². The highest BCUT2D eigenvalue weighted by molar-refractivity contribution is 8.14. The molecule has 0 unspecified atom stereocenters. The third-order valence-electron chi connectivity index (χ3n) is 4.40. The fraction of sp³-hybridized carbons (Fsp3) is 0.600. The van der Waals surface area contributed by atoms with E-state index in [1.807, 2.05) is 58.0 Å². The second-order valence-corrected chi connectivity index (χ2v) is 16.5. The number of hydrogen-bond donors (Lipinski definition) is 1. The van der Waals surface area contributed by atoms with Crippen molar-refractivity contribution >= 4 is 31.0 Å². The van der Waals surface area contributed by atoms with Gasteiger partial charge in [-0.25, -0.2) is 4.79 Å². The van der Waals surface area contributed by atoms with Crippen LogP contribution in [0.2, 0.25) is 19.6 Å². The Kier molecular flexibility index (Phi) is 10.9. The van der Waals surface area contributed by atoms with E-state index in [-0.39, 0.29) is 15.9 Å². The zero-order chi connectivity index (χ0) is 23.7. The van der Waals surface area contributed by atoms with Crippen LogP contribution in [0.5, 0.6) is 0 Å². The zero-order valence-electron chi connectivity index (χ0n) is 20.4. The highest BCUT2D eigenvalue weighted by atomic mass is 32.2. The van der Waals surface area contributed by atoms with E-state index in [9.17, 15) is 9.59 Å². The molecule has 0 radical (unpaired) electrons. The Morgan fingerprint density at radius 3 is 2.29 bits per heavy atom. The Morgan fingerprint density at radius 1 is 1.16 bits per heavy atom. The summed E-state index contributed by atoms with van der Waals surface area (Å²) in [5.74, 6) is 2.73. The molecule has 1 N–H and O–H groups in total. The molecular formula is C25H39NO3SSi. The summed E-state index contributed by atoms with van der Waals surface area (Å²) in [5.41, 5.74) is 4.30.